The second-order valence-electron chi connectivity index (χ2n) is 6.92. The summed E-state index contributed by atoms with van der Waals surface area (Å²) in [5.74, 6) is 0.193. The number of carbonyl (C=O) groups is 2. The van der Waals surface area contributed by atoms with Gasteiger partial charge in [-0.05, 0) is 30.3 Å². The number of phenolic OH excluding ortho intramolecular Hbond substituents is 1. The van der Waals surface area contributed by atoms with Gasteiger partial charge < -0.3 is 24.1 Å². The molecule has 7 heteroatoms. The average molecular weight is 404 g/mol. The Labute approximate surface area is 171 Å². The van der Waals surface area contributed by atoms with Crippen molar-refractivity contribution in [1.29, 1.82) is 0 Å². The first kappa shape index (κ1) is 18.1. The van der Waals surface area contributed by atoms with Crippen LogP contribution in [0.4, 0.5) is 0 Å². The van der Waals surface area contributed by atoms with Crippen molar-refractivity contribution in [2.45, 2.75) is 5.60 Å². The number of benzene rings is 3. The molecule has 2 aliphatic rings. The highest BCUT2D eigenvalue weighted by molar-refractivity contribution is 5.97. The molecule has 0 aliphatic carbocycles. The van der Waals surface area contributed by atoms with Crippen LogP contribution in [0.15, 0.2) is 60.7 Å². The van der Waals surface area contributed by atoms with Crippen LogP contribution in [0.5, 0.6) is 23.0 Å². The Balaban J connectivity index is 1.70. The first-order valence-electron chi connectivity index (χ1n) is 9.21. The van der Waals surface area contributed by atoms with Gasteiger partial charge in [0.2, 0.25) is 0 Å². The van der Waals surface area contributed by atoms with Crippen LogP contribution in [0.1, 0.15) is 27.0 Å². The van der Waals surface area contributed by atoms with Crippen LogP contribution in [0, 0.1) is 0 Å². The van der Waals surface area contributed by atoms with E-state index in [1.54, 1.807) is 36.4 Å². The van der Waals surface area contributed by atoms with Gasteiger partial charge in [0.15, 0.2) is 12.2 Å². The fraction of sp³-hybridized carbons (Fsp3) is 0.130. The first-order chi connectivity index (χ1) is 14.5. The van der Waals surface area contributed by atoms with Crippen molar-refractivity contribution in [3.05, 3.63) is 82.9 Å². The third-order valence-corrected chi connectivity index (χ3v) is 5.25. The van der Waals surface area contributed by atoms with Crippen LogP contribution >= 0.6 is 0 Å². The molecule has 7 nitrogen and oxygen atoms in total. The highest BCUT2D eigenvalue weighted by Crippen LogP contribution is 2.56. The number of esters is 2. The lowest BCUT2D eigenvalue weighted by atomic mass is 9.77. The molecule has 0 amide bonds. The van der Waals surface area contributed by atoms with E-state index in [4.69, 9.17) is 14.2 Å². The summed E-state index contributed by atoms with van der Waals surface area (Å²) in [4.78, 5) is 24.1. The first-order valence-corrected chi connectivity index (χ1v) is 9.21. The van der Waals surface area contributed by atoms with E-state index in [-0.39, 0.29) is 12.4 Å². The zero-order chi connectivity index (χ0) is 20.9. The lowest BCUT2D eigenvalue weighted by molar-refractivity contribution is -0.142. The maximum Gasteiger partial charge on any atom is 0.343 e. The number of phenols is 1. The third-order valence-electron chi connectivity index (χ3n) is 5.25. The van der Waals surface area contributed by atoms with Crippen molar-refractivity contribution in [2.75, 3.05) is 13.7 Å². The second kappa shape index (κ2) is 6.52. The Kier molecular flexibility index (Phi) is 3.92. The molecule has 1 spiro atoms. The smallest absolute Gasteiger partial charge is 0.343 e. The molecule has 3 aromatic rings. The summed E-state index contributed by atoms with van der Waals surface area (Å²) in [5, 5.41) is 9.98. The molecule has 1 atom stereocenters. The lowest BCUT2D eigenvalue weighted by Crippen LogP contribution is -2.33. The van der Waals surface area contributed by atoms with Crippen LogP contribution in [0.2, 0.25) is 0 Å². The molecule has 1 unspecified atom stereocenters. The third kappa shape index (κ3) is 2.52. The molecule has 1 N–H and O–H groups in total. The normalized spacial score (nSPS) is 18.0. The minimum absolute atomic E-state index is 0.0167. The Morgan fingerprint density at radius 3 is 2.53 bits per heavy atom. The molecular weight excluding hydrogens is 388 g/mol. The molecule has 3 aromatic carbocycles. The van der Waals surface area contributed by atoms with Crippen LogP contribution in [0.3, 0.4) is 0 Å². The highest BCUT2D eigenvalue weighted by atomic mass is 16.6. The van der Waals surface area contributed by atoms with Gasteiger partial charge in [0.25, 0.3) is 0 Å². The van der Waals surface area contributed by atoms with Crippen molar-refractivity contribution < 1.29 is 33.6 Å². The molecule has 150 valence electrons. The molecule has 5 rings (SSSR count). The number of ether oxygens (including phenoxy) is 4. The largest absolute Gasteiger partial charge is 0.508 e. The Hall–Kier alpha value is -4.00. The number of carbonyl (C=O) groups excluding carboxylic acids is 2. The predicted octanol–water partition coefficient (Wildman–Crippen LogP) is 3.51. The van der Waals surface area contributed by atoms with E-state index in [0.29, 0.717) is 39.5 Å². The zero-order valence-corrected chi connectivity index (χ0v) is 15.9. The summed E-state index contributed by atoms with van der Waals surface area (Å²) in [6, 6.07) is 16.9. The summed E-state index contributed by atoms with van der Waals surface area (Å²) in [6.45, 7) is -0.254. The van der Waals surface area contributed by atoms with Gasteiger partial charge in [-0.25, -0.2) is 9.59 Å². The number of rotatable bonds is 3. The van der Waals surface area contributed by atoms with Gasteiger partial charge in [0, 0.05) is 28.8 Å². The molecule has 0 fully saturated rings. The maximum atomic E-state index is 12.7. The topological polar surface area (TPSA) is 91.3 Å². The highest BCUT2D eigenvalue weighted by Gasteiger charge is 2.53. The molecular formula is C23H16O7. The van der Waals surface area contributed by atoms with E-state index < -0.39 is 17.5 Å². The van der Waals surface area contributed by atoms with Gasteiger partial charge >= 0.3 is 11.9 Å². The Morgan fingerprint density at radius 2 is 1.73 bits per heavy atom. The van der Waals surface area contributed by atoms with E-state index in [9.17, 15) is 14.7 Å². The second-order valence-corrected chi connectivity index (χ2v) is 6.92. The summed E-state index contributed by atoms with van der Waals surface area (Å²) in [6.07, 6.45) is 0. The maximum absolute atomic E-state index is 12.7. The van der Waals surface area contributed by atoms with Gasteiger partial charge in [-0.15, -0.1) is 0 Å². The van der Waals surface area contributed by atoms with Crippen molar-refractivity contribution in [3.63, 3.8) is 0 Å². The van der Waals surface area contributed by atoms with Gasteiger partial charge in [0.05, 0.1) is 12.7 Å². The number of methoxy groups -OCH3 is 1. The van der Waals surface area contributed by atoms with Crippen LogP contribution in [-0.4, -0.2) is 30.8 Å². The van der Waals surface area contributed by atoms with Crippen LogP contribution in [-0.2, 0) is 19.9 Å². The van der Waals surface area contributed by atoms with Gasteiger partial charge in [0.1, 0.15) is 23.0 Å². The van der Waals surface area contributed by atoms with E-state index >= 15 is 0 Å². The van der Waals surface area contributed by atoms with Crippen molar-refractivity contribution >= 4 is 11.9 Å². The van der Waals surface area contributed by atoms with Crippen molar-refractivity contribution in [1.82, 2.24) is 0 Å². The SMILES string of the molecule is COC(=O)COc1ccc2c(c1)Oc1cc(O)ccc1C21OC(=O)c2ccccc21. The molecule has 0 saturated heterocycles. The van der Waals surface area contributed by atoms with Crippen molar-refractivity contribution in [2.24, 2.45) is 0 Å². The summed E-state index contributed by atoms with van der Waals surface area (Å²) in [5.41, 5.74) is 1.16. The van der Waals surface area contributed by atoms with Crippen LogP contribution in [0.25, 0.3) is 0 Å². The Morgan fingerprint density at radius 1 is 1.00 bits per heavy atom. The summed E-state index contributed by atoms with van der Waals surface area (Å²) >= 11 is 0. The predicted molar refractivity (Wildman–Crippen MR) is 104 cm³/mol. The van der Waals surface area contributed by atoms with Crippen LogP contribution < -0.4 is 9.47 Å². The molecule has 30 heavy (non-hydrogen) atoms. The van der Waals surface area contributed by atoms with Gasteiger partial charge in [-0.1, -0.05) is 18.2 Å². The minimum Gasteiger partial charge on any atom is -0.508 e. The van der Waals surface area contributed by atoms with E-state index in [0.717, 1.165) is 0 Å². The standard InChI is InChI=1S/C23H16O7/c1-27-21(25)12-28-14-7-9-18-20(11-14)29-19-10-13(24)6-8-17(19)23(18)16-5-3-2-4-15(16)22(26)30-23/h2-11,24H,12H2,1H3. The van der Waals surface area contributed by atoms with Gasteiger partial charge in [-0.2, -0.15) is 0 Å². The summed E-state index contributed by atoms with van der Waals surface area (Å²) in [7, 11) is 1.28. The number of hydrogen-bond donors (Lipinski definition) is 1. The minimum atomic E-state index is -1.22. The monoisotopic (exact) mass is 404 g/mol. The number of fused-ring (bicyclic) bond motifs is 6. The van der Waals surface area contributed by atoms with Crippen molar-refractivity contribution in [3.8, 4) is 23.0 Å². The molecule has 2 aliphatic heterocycles. The lowest BCUT2D eigenvalue weighted by Gasteiger charge is -2.36. The molecule has 0 bridgehead atoms. The van der Waals surface area contributed by atoms with Gasteiger partial charge in [-0.3, -0.25) is 0 Å². The zero-order valence-electron chi connectivity index (χ0n) is 15.9. The molecule has 0 saturated carbocycles. The molecule has 0 aromatic heterocycles. The van der Waals surface area contributed by atoms with E-state index in [1.807, 2.05) is 12.1 Å². The molecule has 0 radical (unpaired) electrons. The number of aromatic hydroxyl groups is 1. The average Bonchev–Trinajstić information content (AvgIpc) is 3.05. The quantitative estimate of drug-likeness (QED) is 0.668. The molecule has 2 heterocycles. The van der Waals surface area contributed by atoms with E-state index in [1.165, 1.54) is 19.2 Å². The fourth-order valence-electron chi connectivity index (χ4n) is 3.94. The fourth-order valence-corrected chi connectivity index (χ4v) is 3.94. The summed E-state index contributed by atoms with van der Waals surface area (Å²) < 4.78 is 22.1. The Bertz CT molecular complexity index is 1200. The van der Waals surface area contributed by atoms with E-state index in [2.05, 4.69) is 4.74 Å². The number of hydrogen-bond acceptors (Lipinski definition) is 7.